The molecule has 0 aromatic heterocycles. The molecule has 1 saturated heterocycles. The zero-order valence-corrected chi connectivity index (χ0v) is 9.06. The summed E-state index contributed by atoms with van der Waals surface area (Å²) in [4.78, 5) is 2.68. The van der Waals surface area contributed by atoms with Crippen LogP contribution in [-0.2, 0) is 0 Å². The third-order valence-corrected chi connectivity index (χ3v) is 2.86. The summed E-state index contributed by atoms with van der Waals surface area (Å²) < 4.78 is 0. The highest BCUT2D eigenvalue weighted by Gasteiger charge is 2.34. The molecule has 0 radical (unpaired) electrons. The van der Waals surface area contributed by atoms with Gasteiger partial charge < -0.3 is 4.81 Å². The quantitative estimate of drug-likeness (QED) is 0.571. The van der Waals surface area contributed by atoms with Crippen molar-refractivity contribution in [1.82, 2.24) is 4.81 Å². The van der Waals surface area contributed by atoms with Crippen molar-refractivity contribution in [2.24, 2.45) is 0 Å². The summed E-state index contributed by atoms with van der Waals surface area (Å²) in [5.41, 5.74) is 0.385. The minimum absolute atomic E-state index is 0.385. The van der Waals surface area contributed by atoms with E-state index in [1.165, 1.54) is 32.0 Å². The van der Waals surface area contributed by atoms with E-state index in [9.17, 15) is 0 Å². The highest BCUT2D eigenvalue weighted by Crippen LogP contribution is 2.27. The molecule has 0 aliphatic carbocycles. The molecule has 0 bridgehead atoms. The lowest BCUT2D eigenvalue weighted by Gasteiger charge is -2.36. The van der Waals surface area contributed by atoms with Crippen LogP contribution in [0.2, 0.25) is 12.6 Å². The highest BCUT2D eigenvalue weighted by atomic mass is 15.1. The van der Waals surface area contributed by atoms with E-state index < -0.39 is 0 Å². The lowest BCUT2D eigenvalue weighted by atomic mass is 9.55. The Morgan fingerprint density at radius 3 is 2.50 bits per heavy atom. The monoisotopic (exact) mass is 167 g/mol. The lowest BCUT2D eigenvalue weighted by Crippen LogP contribution is -2.46. The number of hydrogen-bond donors (Lipinski definition) is 0. The molecule has 0 atom stereocenters. The summed E-state index contributed by atoms with van der Waals surface area (Å²) in [6.45, 7) is 11.5. The SMILES string of the molecule is CCCB1CCCN1C(C)(C)C. The molecule has 1 rings (SSSR count). The minimum atomic E-state index is 0.385. The van der Waals surface area contributed by atoms with E-state index in [2.05, 4.69) is 32.5 Å². The van der Waals surface area contributed by atoms with Crippen molar-refractivity contribution in [3.05, 3.63) is 0 Å². The van der Waals surface area contributed by atoms with Gasteiger partial charge in [-0.2, -0.15) is 0 Å². The van der Waals surface area contributed by atoms with Crippen LogP contribution in [0.1, 0.15) is 40.5 Å². The van der Waals surface area contributed by atoms with Gasteiger partial charge in [0.1, 0.15) is 0 Å². The third-order valence-electron chi connectivity index (χ3n) is 2.86. The third kappa shape index (κ3) is 2.26. The molecular weight excluding hydrogens is 145 g/mol. The van der Waals surface area contributed by atoms with Crippen molar-refractivity contribution in [3.8, 4) is 0 Å². The van der Waals surface area contributed by atoms with Gasteiger partial charge in [-0.05, 0) is 33.7 Å². The van der Waals surface area contributed by atoms with Gasteiger partial charge in [0.25, 0.3) is 0 Å². The first kappa shape index (κ1) is 10.1. The Hall–Kier alpha value is 0.0249. The first-order valence-corrected chi connectivity index (χ1v) is 5.32. The van der Waals surface area contributed by atoms with E-state index in [1.807, 2.05) is 0 Å². The Morgan fingerprint density at radius 2 is 2.00 bits per heavy atom. The van der Waals surface area contributed by atoms with Crippen LogP contribution in [0.4, 0.5) is 0 Å². The number of nitrogens with zero attached hydrogens (tertiary/aromatic N) is 1. The smallest absolute Gasteiger partial charge is 0.223 e. The van der Waals surface area contributed by atoms with Gasteiger partial charge in [-0.25, -0.2) is 0 Å². The maximum Gasteiger partial charge on any atom is 0.223 e. The molecule has 0 N–H and O–H groups in total. The van der Waals surface area contributed by atoms with Gasteiger partial charge in [0.15, 0.2) is 0 Å². The van der Waals surface area contributed by atoms with Crippen LogP contribution in [0.25, 0.3) is 0 Å². The molecule has 1 nitrogen and oxygen atoms in total. The Bertz CT molecular complexity index is 139. The molecular formula is C10H22BN. The average molecular weight is 167 g/mol. The molecule has 0 unspecified atom stereocenters. The molecule has 12 heavy (non-hydrogen) atoms. The van der Waals surface area contributed by atoms with E-state index in [0.29, 0.717) is 5.54 Å². The van der Waals surface area contributed by atoms with Crippen molar-refractivity contribution in [2.75, 3.05) is 6.54 Å². The van der Waals surface area contributed by atoms with Crippen LogP contribution in [0.15, 0.2) is 0 Å². The summed E-state index contributed by atoms with van der Waals surface area (Å²) in [6.07, 6.45) is 5.54. The Kier molecular flexibility index (Phi) is 3.22. The normalized spacial score (nSPS) is 20.5. The predicted molar refractivity (Wildman–Crippen MR) is 56.7 cm³/mol. The standard InChI is InChI=1S/C10H22BN/c1-5-7-11-8-6-9-12(11)10(2,3)4/h5-9H2,1-4H3. The molecule has 1 aliphatic heterocycles. The van der Waals surface area contributed by atoms with Crippen LogP contribution in [0, 0.1) is 0 Å². The summed E-state index contributed by atoms with van der Waals surface area (Å²) in [6, 6.07) is 0. The van der Waals surface area contributed by atoms with Gasteiger partial charge in [0, 0.05) is 5.54 Å². The maximum atomic E-state index is 2.68. The van der Waals surface area contributed by atoms with E-state index in [4.69, 9.17) is 0 Å². The van der Waals surface area contributed by atoms with Gasteiger partial charge in [0.05, 0.1) is 0 Å². The van der Waals surface area contributed by atoms with E-state index >= 15 is 0 Å². The molecule has 1 heterocycles. The summed E-state index contributed by atoms with van der Waals surface area (Å²) in [5.74, 6) is 0. The molecule has 0 amide bonds. The molecule has 1 fully saturated rings. The molecule has 70 valence electrons. The van der Waals surface area contributed by atoms with Crippen LogP contribution in [0.5, 0.6) is 0 Å². The lowest BCUT2D eigenvalue weighted by molar-refractivity contribution is 0.264. The fourth-order valence-corrected chi connectivity index (χ4v) is 2.35. The zero-order chi connectivity index (χ0) is 9.19. The second-order valence-corrected chi connectivity index (χ2v) is 4.95. The second-order valence-electron chi connectivity index (χ2n) is 4.95. The molecule has 0 spiro atoms. The fourth-order valence-electron chi connectivity index (χ4n) is 2.35. The number of rotatable bonds is 2. The fraction of sp³-hybridized carbons (Fsp3) is 1.00. The maximum absolute atomic E-state index is 2.68. The topological polar surface area (TPSA) is 3.24 Å². The van der Waals surface area contributed by atoms with Crippen molar-refractivity contribution < 1.29 is 0 Å². The van der Waals surface area contributed by atoms with Gasteiger partial charge >= 0.3 is 0 Å². The Morgan fingerprint density at radius 1 is 1.33 bits per heavy atom. The Labute approximate surface area is 77.6 Å². The van der Waals surface area contributed by atoms with Crippen molar-refractivity contribution in [2.45, 2.75) is 58.7 Å². The van der Waals surface area contributed by atoms with E-state index in [1.54, 1.807) is 0 Å². The average Bonchev–Trinajstić information content (AvgIpc) is 2.34. The Balaban J connectivity index is 2.52. The van der Waals surface area contributed by atoms with Gasteiger partial charge in [-0.1, -0.05) is 26.0 Å². The van der Waals surface area contributed by atoms with Crippen molar-refractivity contribution in [3.63, 3.8) is 0 Å². The van der Waals surface area contributed by atoms with Crippen molar-refractivity contribution >= 4 is 6.85 Å². The van der Waals surface area contributed by atoms with Crippen LogP contribution in [0.3, 0.4) is 0 Å². The summed E-state index contributed by atoms with van der Waals surface area (Å²) in [5, 5.41) is 0. The number of hydrogen-bond acceptors (Lipinski definition) is 1. The van der Waals surface area contributed by atoms with Crippen LogP contribution < -0.4 is 0 Å². The highest BCUT2D eigenvalue weighted by molar-refractivity contribution is 6.56. The molecule has 0 aromatic carbocycles. The zero-order valence-electron chi connectivity index (χ0n) is 9.06. The second kappa shape index (κ2) is 3.82. The van der Waals surface area contributed by atoms with Crippen molar-refractivity contribution in [1.29, 1.82) is 0 Å². The molecule has 1 aliphatic rings. The molecule has 0 saturated carbocycles. The van der Waals surface area contributed by atoms with E-state index in [-0.39, 0.29) is 0 Å². The van der Waals surface area contributed by atoms with Gasteiger partial charge in [-0.3, -0.25) is 0 Å². The van der Waals surface area contributed by atoms with Crippen LogP contribution in [-0.4, -0.2) is 23.7 Å². The molecule has 2 heteroatoms. The summed E-state index contributed by atoms with van der Waals surface area (Å²) >= 11 is 0. The van der Waals surface area contributed by atoms with Gasteiger partial charge in [-0.15, -0.1) is 0 Å². The van der Waals surface area contributed by atoms with E-state index in [0.717, 1.165) is 6.85 Å². The minimum Gasteiger partial charge on any atom is -0.337 e. The molecule has 0 aromatic rings. The largest absolute Gasteiger partial charge is 0.337 e. The first-order valence-electron chi connectivity index (χ1n) is 5.32. The first-order chi connectivity index (χ1) is 5.55. The van der Waals surface area contributed by atoms with Crippen LogP contribution >= 0.6 is 0 Å². The summed E-state index contributed by atoms with van der Waals surface area (Å²) in [7, 11) is 0. The van der Waals surface area contributed by atoms with Gasteiger partial charge in [0.2, 0.25) is 6.85 Å². The predicted octanol–water partition coefficient (Wildman–Crippen LogP) is 2.89.